The number of anilines is 1. The van der Waals surface area contributed by atoms with E-state index in [4.69, 9.17) is 0 Å². The van der Waals surface area contributed by atoms with Gasteiger partial charge in [0.25, 0.3) is 0 Å². The van der Waals surface area contributed by atoms with Gasteiger partial charge < -0.3 is 10.2 Å². The molecular weight excluding hydrogens is 212 g/mol. The lowest BCUT2D eigenvalue weighted by Crippen LogP contribution is -2.39. The van der Waals surface area contributed by atoms with Gasteiger partial charge in [0.15, 0.2) is 0 Å². The fraction of sp³-hybridized carbons (Fsp3) is 0.692. The summed E-state index contributed by atoms with van der Waals surface area (Å²) < 4.78 is 0. The first-order valence-corrected chi connectivity index (χ1v) is 6.65. The normalized spacial score (nSPS) is 19.5. The van der Waals surface area contributed by atoms with E-state index in [1.807, 2.05) is 18.5 Å². The zero-order chi connectivity index (χ0) is 11.9. The minimum absolute atomic E-state index is 0.607. The maximum absolute atomic E-state index is 4.36. The molecule has 2 rings (SSSR count). The van der Waals surface area contributed by atoms with Gasteiger partial charge >= 0.3 is 0 Å². The first-order chi connectivity index (χ1) is 8.40. The number of nitrogens with zero attached hydrogens (tertiary/aromatic N) is 3. The zero-order valence-corrected chi connectivity index (χ0v) is 10.6. The summed E-state index contributed by atoms with van der Waals surface area (Å²) in [6.45, 7) is 5.46. The van der Waals surface area contributed by atoms with E-state index in [9.17, 15) is 0 Å². The molecule has 4 nitrogen and oxygen atoms in total. The molecule has 0 saturated carbocycles. The second-order valence-corrected chi connectivity index (χ2v) is 4.64. The van der Waals surface area contributed by atoms with Crippen molar-refractivity contribution in [2.75, 3.05) is 24.5 Å². The van der Waals surface area contributed by atoms with Crippen LogP contribution < -0.4 is 10.2 Å². The third-order valence-electron chi connectivity index (χ3n) is 3.22. The van der Waals surface area contributed by atoms with Crippen LogP contribution in [0.5, 0.6) is 0 Å². The number of hydrogen-bond donors (Lipinski definition) is 1. The SMILES string of the molecule is CCCCN(CC1CCCN1)c1ncccn1. The molecule has 0 radical (unpaired) electrons. The van der Waals surface area contributed by atoms with E-state index in [-0.39, 0.29) is 0 Å². The molecule has 0 aromatic carbocycles. The van der Waals surface area contributed by atoms with E-state index < -0.39 is 0 Å². The van der Waals surface area contributed by atoms with Gasteiger partial charge in [-0.05, 0) is 31.9 Å². The summed E-state index contributed by atoms with van der Waals surface area (Å²) in [5.41, 5.74) is 0. The van der Waals surface area contributed by atoms with E-state index in [1.165, 1.54) is 25.7 Å². The molecular formula is C13H22N4. The number of nitrogens with one attached hydrogen (secondary N) is 1. The highest BCUT2D eigenvalue weighted by Gasteiger charge is 2.18. The fourth-order valence-corrected chi connectivity index (χ4v) is 2.26. The number of hydrogen-bond acceptors (Lipinski definition) is 4. The molecule has 0 aliphatic carbocycles. The first kappa shape index (κ1) is 12.3. The lowest BCUT2D eigenvalue weighted by molar-refractivity contribution is 0.565. The van der Waals surface area contributed by atoms with Crippen molar-refractivity contribution < 1.29 is 0 Å². The van der Waals surface area contributed by atoms with Crippen molar-refractivity contribution in [3.05, 3.63) is 18.5 Å². The lowest BCUT2D eigenvalue weighted by atomic mass is 10.2. The topological polar surface area (TPSA) is 41.0 Å². The van der Waals surface area contributed by atoms with Crippen LogP contribution in [0.1, 0.15) is 32.6 Å². The summed E-state index contributed by atoms with van der Waals surface area (Å²) in [5.74, 6) is 0.870. The summed E-state index contributed by atoms with van der Waals surface area (Å²) in [4.78, 5) is 11.0. The number of aromatic nitrogens is 2. The van der Waals surface area contributed by atoms with Crippen molar-refractivity contribution >= 4 is 5.95 Å². The predicted molar refractivity (Wildman–Crippen MR) is 70.2 cm³/mol. The predicted octanol–water partition coefficient (Wildman–Crippen LogP) is 1.84. The molecule has 1 aromatic rings. The Bertz CT molecular complexity index is 308. The minimum Gasteiger partial charge on any atom is -0.339 e. The Morgan fingerprint density at radius 3 is 2.88 bits per heavy atom. The molecule has 1 saturated heterocycles. The standard InChI is InChI=1S/C13H22N4/c1-2-3-10-17(11-12-6-4-7-14-12)13-15-8-5-9-16-13/h5,8-9,12,14H,2-4,6-7,10-11H2,1H3. The molecule has 1 unspecified atom stereocenters. The Balaban J connectivity index is 1.97. The monoisotopic (exact) mass is 234 g/mol. The quantitative estimate of drug-likeness (QED) is 0.815. The second-order valence-electron chi connectivity index (χ2n) is 4.64. The van der Waals surface area contributed by atoms with Gasteiger partial charge in [0, 0.05) is 31.5 Å². The van der Waals surface area contributed by atoms with Crippen LogP contribution >= 0.6 is 0 Å². The summed E-state index contributed by atoms with van der Waals surface area (Å²) in [5, 5.41) is 3.54. The average Bonchev–Trinajstić information content (AvgIpc) is 2.88. The molecule has 94 valence electrons. The molecule has 0 amide bonds. The Hall–Kier alpha value is -1.16. The summed E-state index contributed by atoms with van der Waals surface area (Å²) in [6, 6.07) is 2.48. The largest absolute Gasteiger partial charge is 0.339 e. The third-order valence-corrected chi connectivity index (χ3v) is 3.22. The lowest BCUT2D eigenvalue weighted by Gasteiger charge is -2.25. The van der Waals surface area contributed by atoms with Crippen molar-refractivity contribution in [2.45, 2.75) is 38.6 Å². The molecule has 4 heteroatoms. The van der Waals surface area contributed by atoms with Crippen LogP contribution in [0.25, 0.3) is 0 Å². The average molecular weight is 234 g/mol. The molecule has 1 atom stereocenters. The van der Waals surface area contributed by atoms with Gasteiger partial charge in [-0.2, -0.15) is 0 Å². The van der Waals surface area contributed by atoms with Crippen molar-refractivity contribution in [3.8, 4) is 0 Å². The molecule has 1 fully saturated rings. The molecule has 1 aliphatic heterocycles. The molecule has 1 N–H and O–H groups in total. The summed E-state index contributed by atoms with van der Waals surface area (Å²) in [6.07, 6.45) is 8.62. The van der Waals surface area contributed by atoms with Crippen LogP contribution in [0.3, 0.4) is 0 Å². The van der Waals surface area contributed by atoms with Gasteiger partial charge in [-0.15, -0.1) is 0 Å². The van der Waals surface area contributed by atoms with Gasteiger partial charge in [-0.3, -0.25) is 0 Å². The van der Waals surface area contributed by atoms with Crippen LogP contribution in [0.15, 0.2) is 18.5 Å². The van der Waals surface area contributed by atoms with Crippen LogP contribution in [0.4, 0.5) is 5.95 Å². The van der Waals surface area contributed by atoms with Gasteiger partial charge in [0.1, 0.15) is 0 Å². The first-order valence-electron chi connectivity index (χ1n) is 6.65. The second kappa shape index (κ2) is 6.55. The summed E-state index contributed by atoms with van der Waals surface area (Å²) >= 11 is 0. The maximum Gasteiger partial charge on any atom is 0.225 e. The Kier molecular flexibility index (Phi) is 4.74. The van der Waals surface area contributed by atoms with Crippen LogP contribution in [0.2, 0.25) is 0 Å². The Labute approximate surface area is 103 Å². The molecule has 2 heterocycles. The Morgan fingerprint density at radius 2 is 2.24 bits per heavy atom. The van der Waals surface area contributed by atoms with E-state index in [0.717, 1.165) is 25.6 Å². The molecule has 1 aliphatic rings. The van der Waals surface area contributed by atoms with Crippen molar-refractivity contribution in [1.82, 2.24) is 15.3 Å². The van der Waals surface area contributed by atoms with Crippen molar-refractivity contribution in [3.63, 3.8) is 0 Å². The van der Waals surface area contributed by atoms with Gasteiger partial charge in [0.05, 0.1) is 0 Å². The highest BCUT2D eigenvalue weighted by atomic mass is 15.3. The molecule has 1 aromatic heterocycles. The van der Waals surface area contributed by atoms with E-state index >= 15 is 0 Å². The zero-order valence-electron chi connectivity index (χ0n) is 10.6. The van der Waals surface area contributed by atoms with Gasteiger partial charge in [-0.25, -0.2) is 9.97 Å². The number of rotatable bonds is 6. The van der Waals surface area contributed by atoms with Crippen molar-refractivity contribution in [2.24, 2.45) is 0 Å². The molecule has 0 bridgehead atoms. The minimum atomic E-state index is 0.607. The van der Waals surface area contributed by atoms with E-state index in [0.29, 0.717) is 6.04 Å². The van der Waals surface area contributed by atoms with E-state index in [1.54, 1.807) is 0 Å². The smallest absolute Gasteiger partial charge is 0.225 e. The van der Waals surface area contributed by atoms with Crippen molar-refractivity contribution in [1.29, 1.82) is 0 Å². The van der Waals surface area contributed by atoms with Crippen LogP contribution in [0, 0.1) is 0 Å². The van der Waals surface area contributed by atoms with Crippen LogP contribution in [-0.2, 0) is 0 Å². The highest BCUT2D eigenvalue weighted by molar-refractivity contribution is 5.28. The van der Waals surface area contributed by atoms with Gasteiger partial charge in [-0.1, -0.05) is 13.3 Å². The Morgan fingerprint density at radius 1 is 1.41 bits per heavy atom. The van der Waals surface area contributed by atoms with Crippen LogP contribution in [-0.4, -0.2) is 35.6 Å². The fourth-order valence-electron chi connectivity index (χ4n) is 2.26. The number of unbranched alkanes of at least 4 members (excludes halogenated alkanes) is 1. The van der Waals surface area contributed by atoms with E-state index in [2.05, 4.69) is 27.1 Å². The summed E-state index contributed by atoms with van der Waals surface area (Å²) in [7, 11) is 0. The molecule has 17 heavy (non-hydrogen) atoms. The third kappa shape index (κ3) is 3.66. The van der Waals surface area contributed by atoms with Gasteiger partial charge in [0.2, 0.25) is 5.95 Å². The highest BCUT2D eigenvalue weighted by Crippen LogP contribution is 2.12. The molecule has 0 spiro atoms. The maximum atomic E-state index is 4.36.